The molecule has 0 atom stereocenters. The first-order valence-corrected chi connectivity index (χ1v) is 6.91. The fourth-order valence-electron chi connectivity index (χ4n) is 2.25. The SMILES string of the molecule is CCCc1cccc(-c2ncnc(NCC)c2C)c1. The molecule has 0 radical (unpaired) electrons. The summed E-state index contributed by atoms with van der Waals surface area (Å²) in [5.74, 6) is 0.924. The van der Waals surface area contributed by atoms with Crippen LogP contribution in [-0.2, 0) is 6.42 Å². The molecule has 0 saturated heterocycles. The number of nitrogens with one attached hydrogen (secondary N) is 1. The number of hydrogen-bond donors (Lipinski definition) is 1. The zero-order valence-electron chi connectivity index (χ0n) is 11.9. The van der Waals surface area contributed by atoms with Crippen molar-refractivity contribution in [3.63, 3.8) is 0 Å². The lowest BCUT2D eigenvalue weighted by atomic mass is 10.0. The van der Waals surface area contributed by atoms with E-state index in [0.29, 0.717) is 0 Å². The largest absolute Gasteiger partial charge is 0.370 e. The Hall–Kier alpha value is -1.90. The second-order valence-corrected chi connectivity index (χ2v) is 4.68. The molecular weight excluding hydrogens is 234 g/mol. The van der Waals surface area contributed by atoms with Gasteiger partial charge in [0.2, 0.25) is 0 Å². The van der Waals surface area contributed by atoms with E-state index in [9.17, 15) is 0 Å². The molecule has 1 aromatic carbocycles. The first-order chi connectivity index (χ1) is 9.26. The maximum absolute atomic E-state index is 4.44. The number of hydrogen-bond acceptors (Lipinski definition) is 3. The summed E-state index contributed by atoms with van der Waals surface area (Å²) < 4.78 is 0. The molecule has 0 aliphatic rings. The van der Waals surface area contributed by atoms with Crippen molar-refractivity contribution < 1.29 is 0 Å². The van der Waals surface area contributed by atoms with E-state index in [1.54, 1.807) is 6.33 Å². The molecule has 0 spiro atoms. The lowest BCUT2D eigenvalue weighted by molar-refractivity contribution is 0.922. The predicted molar refractivity (Wildman–Crippen MR) is 80.4 cm³/mol. The first-order valence-electron chi connectivity index (χ1n) is 6.91. The van der Waals surface area contributed by atoms with Crippen LogP contribution in [0, 0.1) is 6.92 Å². The van der Waals surface area contributed by atoms with E-state index in [1.165, 1.54) is 11.1 Å². The highest BCUT2D eigenvalue weighted by Crippen LogP contribution is 2.25. The normalized spacial score (nSPS) is 10.5. The van der Waals surface area contributed by atoms with E-state index in [2.05, 4.69) is 60.3 Å². The minimum atomic E-state index is 0.868. The van der Waals surface area contributed by atoms with Crippen molar-refractivity contribution in [1.29, 1.82) is 0 Å². The lowest BCUT2D eigenvalue weighted by Gasteiger charge is -2.11. The standard InChI is InChI=1S/C16H21N3/c1-4-7-13-8-6-9-14(10-13)15-12(3)16(17-5-2)19-11-18-15/h6,8-11H,4-5,7H2,1-3H3,(H,17,18,19). The molecule has 2 aromatic rings. The van der Waals surface area contributed by atoms with E-state index in [4.69, 9.17) is 0 Å². The van der Waals surface area contributed by atoms with Gasteiger partial charge in [-0.05, 0) is 31.9 Å². The maximum atomic E-state index is 4.44. The quantitative estimate of drug-likeness (QED) is 0.882. The van der Waals surface area contributed by atoms with Gasteiger partial charge in [0, 0.05) is 17.7 Å². The van der Waals surface area contributed by atoms with Crippen LogP contribution in [0.3, 0.4) is 0 Å². The molecule has 1 N–H and O–H groups in total. The van der Waals surface area contributed by atoms with Crippen LogP contribution in [0.1, 0.15) is 31.4 Å². The fourth-order valence-corrected chi connectivity index (χ4v) is 2.25. The Labute approximate surface area is 115 Å². The topological polar surface area (TPSA) is 37.8 Å². The van der Waals surface area contributed by atoms with Gasteiger partial charge in [0.15, 0.2) is 0 Å². The molecule has 0 amide bonds. The van der Waals surface area contributed by atoms with Crippen molar-refractivity contribution in [1.82, 2.24) is 9.97 Å². The number of aryl methyl sites for hydroxylation is 1. The molecule has 0 fully saturated rings. The Morgan fingerprint density at radius 2 is 2.00 bits per heavy atom. The van der Waals surface area contributed by atoms with Crippen LogP contribution in [0.15, 0.2) is 30.6 Å². The van der Waals surface area contributed by atoms with Gasteiger partial charge in [-0.1, -0.05) is 31.5 Å². The van der Waals surface area contributed by atoms with Gasteiger partial charge >= 0.3 is 0 Å². The van der Waals surface area contributed by atoms with E-state index in [0.717, 1.165) is 36.5 Å². The van der Waals surface area contributed by atoms with Crippen molar-refractivity contribution >= 4 is 5.82 Å². The maximum Gasteiger partial charge on any atom is 0.132 e. The van der Waals surface area contributed by atoms with Crippen LogP contribution < -0.4 is 5.32 Å². The minimum Gasteiger partial charge on any atom is -0.370 e. The summed E-state index contributed by atoms with van der Waals surface area (Å²) in [5, 5.41) is 3.27. The molecule has 0 aliphatic carbocycles. The molecule has 0 bridgehead atoms. The number of anilines is 1. The number of rotatable bonds is 5. The van der Waals surface area contributed by atoms with Crippen LogP contribution in [0.2, 0.25) is 0 Å². The second kappa shape index (κ2) is 6.32. The summed E-state index contributed by atoms with van der Waals surface area (Å²) in [6.07, 6.45) is 3.90. The molecule has 3 nitrogen and oxygen atoms in total. The number of benzene rings is 1. The van der Waals surface area contributed by atoms with Crippen LogP contribution in [0.4, 0.5) is 5.82 Å². The van der Waals surface area contributed by atoms with Crippen molar-refractivity contribution in [2.24, 2.45) is 0 Å². The fraction of sp³-hybridized carbons (Fsp3) is 0.375. The molecule has 1 aromatic heterocycles. The van der Waals surface area contributed by atoms with Crippen molar-refractivity contribution in [2.75, 3.05) is 11.9 Å². The molecule has 3 heteroatoms. The van der Waals surface area contributed by atoms with Gasteiger partial charge in [0.05, 0.1) is 5.69 Å². The summed E-state index contributed by atoms with van der Waals surface area (Å²) in [6, 6.07) is 8.63. The van der Waals surface area contributed by atoms with Gasteiger partial charge in [-0.2, -0.15) is 0 Å². The Balaban J connectivity index is 2.41. The molecular formula is C16H21N3. The van der Waals surface area contributed by atoms with Gasteiger partial charge in [-0.25, -0.2) is 9.97 Å². The second-order valence-electron chi connectivity index (χ2n) is 4.68. The molecule has 100 valence electrons. The minimum absolute atomic E-state index is 0.868. The van der Waals surface area contributed by atoms with Gasteiger partial charge < -0.3 is 5.32 Å². The summed E-state index contributed by atoms with van der Waals surface area (Å²) >= 11 is 0. The Bertz CT molecular complexity index is 549. The van der Waals surface area contributed by atoms with Crippen LogP contribution in [0.5, 0.6) is 0 Å². The molecule has 19 heavy (non-hydrogen) atoms. The Morgan fingerprint density at radius 1 is 1.16 bits per heavy atom. The third kappa shape index (κ3) is 3.11. The zero-order chi connectivity index (χ0) is 13.7. The zero-order valence-corrected chi connectivity index (χ0v) is 11.9. The highest BCUT2D eigenvalue weighted by atomic mass is 15.0. The smallest absolute Gasteiger partial charge is 0.132 e. The van der Waals surface area contributed by atoms with Gasteiger partial charge in [0.25, 0.3) is 0 Å². The van der Waals surface area contributed by atoms with E-state index in [-0.39, 0.29) is 0 Å². The number of aromatic nitrogens is 2. The van der Waals surface area contributed by atoms with Crippen molar-refractivity contribution in [3.8, 4) is 11.3 Å². The highest BCUT2D eigenvalue weighted by Gasteiger charge is 2.08. The average Bonchev–Trinajstić information content (AvgIpc) is 2.42. The summed E-state index contributed by atoms with van der Waals surface area (Å²) in [4.78, 5) is 8.73. The third-order valence-corrected chi connectivity index (χ3v) is 3.17. The third-order valence-electron chi connectivity index (χ3n) is 3.17. The summed E-state index contributed by atoms with van der Waals surface area (Å²) in [5.41, 5.74) is 4.66. The van der Waals surface area contributed by atoms with Crippen molar-refractivity contribution in [3.05, 3.63) is 41.7 Å². The highest BCUT2D eigenvalue weighted by molar-refractivity contribution is 5.68. The molecule has 2 rings (SSSR count). The Morgan fingerprint density at radius 3 is 2.74 bits per heavy atom. The molecule has 1 heterocycles. The van der Waals surface area contributed by atoms with Crippen LogP contribution >= 0.6 is 0 Å². The number of nitrogens with zero attached hydrogens (tertiary/aromatic N) is 2. The molecule has 0 saturated carbocycles. The van der Waals surface area contributed by atoms with Crippen LogP contribution in [0.25, 0.3) is 11.3 Å². The van der Waals surface area contributed by atoms with Gasteiger partial charge in [-0.15, -0.1) is 0 Å². The predicted octanol–water partition coefficient (Wildman–Crippen LogP) is 3.84. The average molecular weight is 255 g/mol. The van der Waals surface area contributed by atoms with Crippen molar-refractivity contribution in [2.45, 2.75) is 33.6 Å². The molecule has 0 aliphatic heterocycles. The van der Waals surface area contributed by atoms with E-state index < -0.39 is 0 Å². The van der Waals surface area contributed by atoms with Gasteiger partial charge in [-0.3, -0.25) is 0 Å². The first kappa shape index (κ1) is 13.5. The summed E-state index contributed by atoms with van der Waals surface area (Å²) in [7, 11) is 0. The summed E-state index contributed by atoms with van der Waals surface area (Å²) in [6.45, 7) is 7.21. The van der Waals surface area contributed by atoms with E-state index >= 15 is 0 Å². The van der Waals surface area contributed by atoms with Crippen LogP contribution in [-0.4, -0.2) is 16.5 Å². The van der Waals surface area contributed by atoms with Gasteiger partial charge in [0.1, 0.15) is 12.1 Å². The lowest BCUT2D eigenvalue weighted by Crippen LogP contribution is -2.03. The molecule has 0 unspecified atom stereocenters. The monoisotopic (exact) mass is 255 g/mol. The van der Waals surface area contributed by atoms with E-state index in [1.807, 2.05) is 0 Å². The Kier molecular flexibility index (Phi) is 4.50.